The minimum absolute atomic E-state index is 0.286. The van der Waals surface area contributed by atoms with Crippen LogP contribution in [0.3, 0.4) is 0 Å². The molecule has 0 aliphatic carbocycles. The topological polar surface area (TPSA) is 63.2 Å². The molecule has 0 aromatic rings. The summed E-state index contributed by atoms with van der Waals surface area (Å²) in [5.74, 6) is 0. The standard InChI is InChI=1S/C5H10N2O2S/c6-10(8,9)5-1-4-2-7(4)3-5/h4-5H,1-3H2,(H2,6,8,9). The Bertz CT molecular complexity index is 238. The first-order chi connectivity index (χ1) is 4.57. The summed E-state index contributed by atoms with van der Waals surface area (Å²) in [6.45, 7) is 1.73. The maximum absolute atomic E-state index is 10.8. The molecule has 0 radical (unpaired) electrons. The van der Waals surface area contributed by atoms with Crippen molar-refractivity contribution >= 4 is 10.0 Å². The zero-order valence-corrected chi connectivity index (χ0v) is 6.34. The summed E-state index contributed by atoms with van der Waals surface area (Å²) in [5, 5.41) is 4.68. The summed E-state index contributed by atoms with van der Waals surface area (Å²) in [7, 11) is -3.25. The highest BCUT2D eigenvalue weighted by atomic mass is 32.2. The number of sulfonamides is 1. The van der Waals surface area contributed by atoms with E-state index < -0.39 is 10.0 Å². The van der Waals surface area contributed by atoms with Crippen LogP contribution in [0.2, 0.25) is 0 Å². The minimum Gasteiger partial charge on any atom is -0.296 e. The van der Waals surface area contributed by atoms with Crippen molar-refractivity contribution in [2.45, 2.75) is 17.7 Å². The van der Waals surface area contributed by atoms with E-state index in [-0.39, 0.29) is 5.25 Å². The van der Waals surface area contributed by atoms with Gasteiger partial charge in [0.15, 0.2) is 0 Å². The van der Waals surface area contributed by atoms with Crippen LogP contribution >= 0.6 is 0 Å². The van der Waals surface area contributed by atoms with E-state index in [9.17, 15) is 8.42 Å². The normalized spacial score (nSPS) is 45.1. The summed E-state index contributed by atoms with van der Waals surface area (Å²) < 4.78 is 21.5. The number of piperidine rings is 1. The molecule has 2 N–H and O–H groups in total. The smallest absolute Gasteiger partial charge is 0.213 e. The maximum atomic E-state index is 10.8. The monoisotopic (exact) mass is 162 g/mol. The lowest BCUT2D eigenvalue weighted by molar-refractivity contribution is 0.558. The van der Waals surface area contributed by atoms with Gasteiger partial charge in [0.2, 0.25) is 10.0 Å². The van der Waals surface area contributed by atoms with Gasteiger partial charge in [-0.15, -0.1) is 0 Å². The van der Waals surface area contributed by atoms with E-state index in [0.29, 0.717) is 12.6 Å². The number of primary sulfonamides is 1. The lowest BCUT2D eigenvalue weighted by Gasteiger charge is -2.06. The van der Waals surface area contributed by atoms with Crippen molar-refractivity contribution in [2.75, 3.05) is 13.1 Å². The van der Waals surface area contributed by atoms with Crippen LogP contribution in [-0.4, -0.2) is 37.7 Å². The molecule has 3 unspecified atom stereocenters. The van der Waals surface area contributed by atoms with Crippen LogP contribution in [0, 0.1) is 0 Å². The molecule has 0 bridgehead atoms. The summed E-state index contributed by atoms with van der Waals surface area (Å²) in [6, 6.07) is 0.531. The van der Waals surface area contributed by atoms with E-state index in [2.05, 4.69) is 4.90 Å². The van der Waals surface area contributed by atoms with Crippen LogP contribution in [0.5, 0.6) is 0 Å². The Hall–Kier alpha value is -0.130. The van der Waals surface area contributed by atoms with Crippen LogP contribution in [0.1, 0.15) is 6.42 Å². The van der Waals surface area contributed by atoms with E-state index in [4.69, 9.17) is 5.14 Å². The van der Waals surface area contributed by atoms with Gasteiger partial charge >= 0.3 is 0 Å². The van der Waals surface area contributed by atoms with Crippen LogP contribution in [0.4, 0.5) is 0 Å². The molecule has 2 aliphatic heterocycles. The second kappa shape index (κ2) is 1.72. The number of nitrogens with two attached hydrogens (primary N) is 1. The molecular formula is C5H10N2O2S. The quantitative estimate of drug-likeness (QED) is 0.489. The molecule has 0 aromatic carbocycles. The van der Waals surface area contributed by atoms with Gasteiger partial charge in [-0.25, -0.2) is 13.6 Å². The molecule has 0 saturated carbocycles. The Kier molecular flexibility index (Phi) is 1.13. The van der Waals surface area contributed by atoms with Gasteiger partial charge < -0.3 is 0 Å². The first kappa shape index (κ1) is 6.57. The van der Waals surface area contributed by atoms with Gasteiger partial charge in [0.05, 0.1) is 5.25 Å². The van der Waals surface area contributed by atoms with Gasteiger partial charge in [0.1, 0.15) is 0 Å². The zero-order chi connectivity index (χ0) is 7.35. The lowest BCUT2D eigenvalue weighted by Crippen LogP contribution is -2.31. The van der Waals surface area contributed by atoms with Crippen molar-refractivity contribution in [1.29, 1.82) is 0 Å². The van der Waals surface area contributed by atoms with Crippen LogP contribution in [0.25, 0.3) is 0 Å². The number of rotatable bonds is 1. The van der Waals surface area contributed by atoms with Crippen LogP contribution < -0.4 is 5.14 Å². The van der Waals surface area contributed by atoms with Gasteiger partial charge in [-0.1, -0.05) is 0 Å². The first-order valence-corrected chi connectivity index (χ1v) is 4.94. The average molecular weight is 162 g/mol. The first-order valence-electron chi connectivity index (χ1n) is 3.33. The van der Waals surface area contributed by atoms with Gasteiger partial charge in [-0.05, 0) is 6.42 Å². The highest BCUT2D eigenvalue weighted by molar-refractivity contribution is 7.89. The predicted octanol–water partition coefficient (Wildman–Crippen LogP) is -1.27. The third-order valence-electron chi connectivity index (χ3n) is 2.27. The highest BCUT2D eigenvalue weighted by Gasteiger charge is 2.47. The molecule has 58 valence electrons. The summed E-state index contributed by atoms with van der Waals surface area (Å²) in [6.07, 6.45) is 0.749. The van der Waals surface area contributed by atoms with Crippen molar-refractivity contribution in [3.63, 3.8) is 0 Å². The van der Waals surface area contributed by atoms with Crippen molar-refractivity contribution in [2.24, 2.45) is 5.14 Å². The molecule has 2 saturated heterocycles. The number of fused-ring (bicyclic) bond motifs is 1. The Morgan fingerprint density at radius 1 is 1.40 bits per heavy atom. The Balaban J connectivity index is 2.10. The van der Waals surface area contributed by atoms with Crippen molar-refractivity contribution in [1.82, 2.24) is 4.90 Å². The maximum Gasteiger partial charge on any atom is 0.213 e. The number of nitrogens with zero attached hydrogens (tertiary/aromatic N) is 1. The molecule has 0 amide bonds. The molecule has 2 fully saturated rings. The van der Waals surface area contributed by atoms with E-state index in [0.717, 1.165) is 13.0 Å². The molecule has 4 nitrogen and oxygen atoms in total. The molecule has 2 rings (SSSR count). The SMILES string of the molecule is NS(=O)(=O)C1CC2CN2C1. The minimum atomic E-state index is -3.25. The van der Waals surface area contributed by atoms with E-state index in [1.807, 2.05) is 0 Å². The fourth-order valence-corrected chi connectivity index (χ4v) is 2.44. The van der Waals surface area contributed by atoms with Gasteiger partial charge in [-0.2, -0.15) is 0 Å². The van der Waals surface area contributed by atoms with Gasteiger partial charge in [-0.3, -0.25) is 4.90 Å². The van der Waals surface area contributed by atoms with Gasteiger partial charge in [0, 0.05) is 19.1 Å². The van der Waals surface area contributed by atoms with Crippen molar-refractivity contribution in [3.05, 3.63) is 0 Å². The van der Waals surface area contributed by atoms with Crippen molar-refractivity contribution < 1.29 is 8.42 Å². The Labute approximate surface area is 60.0 Å². The number of hydrogen-bond donors (Lipinski definition) is 1. The lowest BCUT2D eigenvalue weighted by atomic mass is 10.3. The number of hydrogen-bond acceptors (Lipinski definition) is 3. The second-order valence-corrected chi connectivity index (χ2v) is 4.90. The van der Waals surface area contributed by atoms with Crippen LogP contribution in [0.15, 0.2) is 0 Å². The summed E-state index contributed by atoms with van der Waals surface area (Å²) >= 11 is 0. The molecular weight excluding hydrogens is 152 g/mol. The third kappa shape index (κ3) is 0.941. The second-order valence-electron chi connectivity index (χ2n) is 3.05. The van der Waals surface area contributed by atoms with Crippen LogP contribution in [-0.2, 0) is 10.0 Å². The van der Waals surface area contributed by atoms with E-state index in [1.165, 1.54) is 0 Å². The predicted molar refractivity (Wildman–Crippen MR) is 36.9 cm³/mol. The zero-order valence-electron chi connectivity index (χ0n) is 5.53. The fraction of sp³-hybridized carbons (Fsp3) is 1.00. The summed E-state index contributed by atoms with van der Waals surface area (Å²) in [5.41, 5.74) is 0. The van der Waals surface area contributed by atoms with E-state index >= 15 is 0 Å². The van der Waals surface area contributed by atoms with Crippen molar-refractivity contribution in [3.8, 4) is 0 Å². The molecule has 5 heteroatoms. The Morgan fingerprint density at radius 3 is 2.40 bits per heavy atom. The fourth-order valence-electron chi connectivity index (χ4n) is 1.55. The molecule has 10 heavy (non-hydrogen) atoms. The average Bonchev–Trinajstić information content (AvgIpc) is 2.38. The van der Waals surface area contributed by atoms with E-state index in [1.54, 1.807) is 0 Å². The molecule has 0 aromatic heterocycles. The largest absolute Gasteiger partial charge is 0.296 e. The molecule has 2 aliphatic rings. The highest BCUT2D eigenvalue weighted by Crippen LogP contribution is 2.32. The molecule has 2 heterocycles. The molecule has 3 atom stereocenters. The Morgan fingerprint density at radius 2 is 2.10 bits per heavy atom. The third-order valence-corrected chi connectivity index (χ3v) is 3.54. The van der Waals surface area contributed by atoms with Gasteiger partial charge in [0.25, 0.3) is 0 Å². The summed E-state index contributed by atoms with van der Waals surface area (Å²) in [4.78, 5) is 2.13. The molecule has 0 spiro atoms.